The second kappa shape index (κ2) is 10.1. The molecule has 0 saturated heterocycles. The van der Waals surface area contributed by atoms with E-state index in [1.807, 2.05) is 6.07 Å². The minimum absolute atomic E-state index is 0.0749. The van der Waals surface area contributed by atoms with Crippen molar-refractivity contribution in [2.24, 2.45) is 52.3 Å². The van der Waals surface area contributed by atoms with Gasteiger partial charge >= 0.3 is 5.97 Å². The third-order valence-electron chi connectivity index (χ3n) is 12.0. The average molecular weight is 510 g/mol. The van der Waals surface area contributed by atoms with Crippen molar-refractivity contribution in [1.29, 1.82) is 0 Å². The van der Waals surface area contributed by atoms with Gasteiger partial charge in [-0.1, -0.05) is 52.3 Å². The molecule has 0 spiro atoms. The number of nitrogens with zero attached hydrogens (tertiary/aromatic N) is 1. The van der Waals surface area contributed by atoms with E-state index in [9.17, 15) is 15.0 Å². The molecule has 4 unspecified atom stereocenters. The molecule has 37 heavy (non-hydrogen) atoms. The smallest absolute Gasteiger partial charge is 0.354 e. The summed E-state index contributed by atoms with van der Waals surface area (Å²) in [5.41, 5.74) is 1.53. The monoisotopic (exact) mass is 509 g/mol. The number of carboxylic acids is 1. The van der Waals surface area contributed by atoms with Crippen LogP contribution < -0.4 is 0 Å². The van der Waals surface area contributed by atoms with Crippen LogP contribution in [0.2, 0.25) is 0 Å². The van der Waals surface area contributed by atoms with Crippen molar-refractivity contribution >= 4 is 12.0 Å². The van der Waals surface area contributed by atoms with Gasteiger partial charge in [-0.05, 0) is 115 Å². The van der Waals surface area contributed by atoms with E-state index in [1.54, 1.807) is 12.3 Å². The lowest BCUT2D eigenvalue weighted by atomic mass is 9.41. The van der Waals surface area contributed by atoms with Crippen molar-refractivity contribution in [3.63, 3.8) is 0 Å². The van der Waals surface area contributed by atoms with E-state index in [0.29, 0.717) is 41.4 Å². The van der Waals surface area contributed by atoms with Gasteiger partial charge in [0.05, 0.1) is 12.2 Å². The molecule has 5 rings (SSSR count). The molecule has 0 bridgehead atoms. The summed E-state index contributed by atoms with van der Waals surface area (Å²) in [6.07, 6.45) is 15.4. The maximum atomic E-state index is 11.9. The summed E-state index contributed by atoms with van der Waals surface area (Å²) in [4.78, 5) is 15.1. The Bertz CT molecular complexity index is 1010. The molecule has 5 heteroatoms. The van der Waals surface area contributed by atoms with Crippen molar-refractivity contribution in [3.05, 3.63) is 35.7 Å². The normalized spacial score (nSPS) is 44.2. The van der Waals surface area contributed by atoms with E-state index in [-0.39, 0.29) is 28.7 Å². The summed E-state index contributed by atoms with van der Waals surface area (Å²) in [5.74, 6) is 2.53. The zero-order valence-corrected chi connectivity index (χ0v) is 23.1. The van der Waals surface area contributed by atoms with Crippen molar-refractivity contribution < 1.29 is 20.1 Å². The number of aromatic carboxylic acids is 1. The average Bonchev–Trinajstić information content (AvgIpc) is 3.23. The van der Waals surface area contributed by atoms with E-state index in [1.165, 1.54) is 25.7 Å². The fraction of sp³-hybridized carbons (Fsp3) is 0.750. The molecule has 0 radical (unpaired) electrons. The van der Waals surface area contributed by atoms with Gasteiger partial charge in [0.2, 0.25) is 0 Å². The number of pyridine rings is 1. The number of aliphatic hydroxyl groups excluding tert-OH is 2. The van der Waals surface area contributed by atoms with Crippen LogP contribution in [-0.2, 0) is 0 Å². The number of aliphatic hydroxyl groups is 2. The van der Waals surface area contributed by atoms with E-state index in [2.05, 4.69) is 44.8 Å². The summed E-state index contributed by atoms with van der Waals surface area (Å²) in [7, 11) is 0. The lowest BCUT2D eigenvalue weighted by molar-refractivity contribution is -0.203. The van der Waals surface area contributed by atoms with Crippen LogP contribution in [0.3, 0.4) is 0 Å². The summed E-state index contributed by atoms with van der Waals surface area (Å²) in [6, 6.07) is 3.38. The van der Waals surface area contributed by atoms with Gasteiger partial charge in [-0.15, -0.1) is 0 Å². The predicted molar refractivity (Wildman–Crippen MR) is 146 cm³/mol. The molecular formula is C32H47NO4. The zero-order valence-electron chi connectivity index (χ0n) is 23.1. The molecule has 1 aromatic heterocycles. The topological polar surface area (TPSA) is 90.7 Å². The van der Waals surface area contributed by atoms with Gasteiger partial charge in [0.1, 0.15) is 5.69 Å². The highest BCUT2D eigenvalue weighted by Crippen LogP contribution is 2.69. The van der Waals surface area contributed by atoms with Crippen LogP contribution in [0, 0.1) is 52.3 Å². The first-order chi connectivity index (χ1) is 17.6. The Morgan fingerprint density at radius 2 is 1.81 bits per heavy atom. The summed E-state index contributed by atoms with van der Waals surface area (Å²) < 4.78 is 0. The molecular weight excluding hydrogens is 462 g/mol. The molecule has 0 amide bonds. The number of carbonyl (C=O) groups is 1. The molecule has 4 aliphatic rings. The first-order valence-corrected chi connectivity index (χ1v) is 14.8. The van der Waals surface area contributed by atoms with Gasteiger partial charge in [-0.25, -0.2) is 9.78 Å². The Labute approximate surface area is 222 Å². The Balaban J connectivity index is 1.31. The lowest BCUT2D eigenvalue weighted by Crippen LogP contribution is -2.62. The van der Waals surface area contributed by atoms with E-state index < -0.39 is 5.97 Å². The number of hydrogen-bond donors (Lipinski definition) is 3. The lowest BCUT2D eigenvalue weighted by Gasteiger charge is -2.64. The summed E-state index contributed by atoms with van der Waals surface area (Å²) in [5, 5.41) is 31.4. The number of carboxylic acid groups (broad SMARTS) is 1. The number of fused-ring (bicyclic) bond motifs is 5. The van der Waals surface area contributed by atoms with Crippen LogP contribution in [0.4, 0.5) is 0 Å². The number of aromatic nitrogens is 1. The summed E-state index contributed by atoms with van der Waals surface area (Å²) >= 11 is 0. The highest BCUT2D eigenvalue weighted by Gasteiger charge is 2.64. The summed E-state index contributed by atoms with van der Waals surface area (Å²) in [6.45, 7) is 9.68. The van der Waals surface area contributed by atoms with Gasteiger partial charge in [-0.3, -0.25) is 0 Å². The maximum Gasteiger partial charge on any atom is 0.354 e. The quantitative estimate of drug-likeness (QED) is 0.410. The third-order valence-corrected chi connectivity index (χ3v) is 12.0. The van der Waals surface area contributed by atoms with E-state index >= 15 is 0 Å². The maximum absolute atomic E-state index is 11.9. The highest BCUT2D eigenvalue weighted by atomic mass is 16.4. The van der Waals surface area contributed by atoms with Crippen LogP contribution >= 0.6 is 0 Å². The Morgan fingerprint density at radius 1 is 1.08 bits per heavy atom. The standard InChI is InChI=1S/C32H47NO4/c1-5-22-26-17-21(34)13-15-32(26,4)25-14-16-31(3)23(10-11-24(31)28(25)29(22)35)19(2)7-6-8-20-9-12-27(30(36)37)33-18-20/h6,8-9,12,18-19,21-26,28-29,34-35H,5,7,10-11,13-17H2,1-4H3,(H,36,37)/b8-6+/t19-,21-,22-,23-,24?,25?,26+,28?,29?,31-,32-/m1/s1. The Kier molecular flexibility index (Phi) is 7.34. The van der Waals surface area contributed by atoms with Crippen molar-refractivity contribution in [3.8, 4) is 0 Å². The molecule has 11 atom stereocenters. The molecule has 1 heterocycles. The van der Waals surface area contributed by atoms with Crippen LogP contribution in [-0.4, -0.2) is 38.5 Å². The SMILES string of the molecule is CC[C@H]1C(O)C2C3CC[C@H]([C@H](C)C/C=C/c4ccc(C(=O)O)nc4)[C@@]3(C)CCC2[C@@]2(C)CC[C@@H](O)C[C@@H]12. The fourth-order valence-corrected chi connectivity index (χ4v) is 10.1. The molecule has 4 fully saturated rings. The van der Waals surface area contributed by atoms with Crippen molar-refractivity contribution in [2.45, 2.75) is 97.7 Å². The minimum atomic E-state index is -0.998. The van der Waals surface area contributed by atoms with Gasteiger partial charge in [0.25, 0.3) is 0 Å². The molecule has 4 saturated carbocycles. The second-order valence-electron chi connectivity index (χ2n) is 13.5. The van der Waals surface area contributed by atoms with Crippen LogP contribution in [0.15, 0.2) is 24.4 Å². The zero-order chi connectivity index (χ0) is 26.5. The second-order valence-corrected chi connectivity index (χ2v) is 13.5. The van der Waals surface area contributed by atoms with Crippen molar-refractivity contribution in [1.82, 2.24) is 4.98 Å². The highest BCUT2D eigenvalue weighted by molar-refractivity contribution is 5.85. The molecule has 4 aliphatic carbocycles. The fourth-order valence-electron chi connectivity index (χ4n) is 10.1. The van der Waals surface area contributed by atoms with Crippen LogP contribution in [0.5, 0.6) is 0 Å². The Hall–Kier alpha value is -1.72. The molecule has 204 valence electrons. The minimum Gasteiger partial charge on any atom is -0.477 e. The number of allylic oxidation sites excluding steroid dienone is 1. The first-order valence-electron chi connectivity index (χ1n) is 14.8. The van der Waals surface area contributed by atoms with Crippen LogP contribution in [0.25, 0.3) is 6.08 Å². The molecule has 5 nitrogen and oxygen atoms in total. The predicted octanol–water partition coefficient (Wildman–Crippen LogP) is 6.45. The molecule has 3 N–H and O–H groups in total. The van der Waals surface area contributed by atoms with Gasteiger partial charge in [-0.2, -0.15) is 0 Å². The molecule has 0 aliphatic heterocycles. The van der Waals surface area contributed by atoms with E-state index in [4.69, 9.17) is 5.11 Å². The van der Waals surface area contributed by atoms with E-state index in [0.717, 1.165) is 37.7 Å². The van der Waals surface area contributed by atoms with Gasteiger partial charge < -0.3 is 15.3 Å². The number of rotatable bonds is 6. The van der Waals surface area contributed by atoms with Crippen LogP contribution in [0.1, 0.15) is 102 Å². The largest absolute Gasteiger partial charge is 0.477 e. The number of hydrogen-bond acceptors (Lipinski definition) is 4. The molecule has 0 aromatic carbocycles. The third kappa shape index (κ3) is 4.48. The van der Waals surface area contributed by atoms with Crippen molar-refractivity contribution in [2.75, 3.05) is 0 Å². The van der Waals surface area contributed by atoms with Gasteiger partial charge in [0.15, 0.2) is 0 Å². The first kappa shape index (κ1) is 26.9. The molecule has 1 aromatic rings. The Morgan fingerprint density at radius 3 is 2.49 bits per heavy atom. The van der Waals surface area contributed by atoms with Gasteiger partial charge in [0, 0.05) is 6.20 Å².